The fraction of sp³-hybridized carbons (Fsp3) is 0.500. The second-order valence-electron chi connectivity index (χ2n) is 6.36. The van der Waals surface area contributed by atoms with Crippen LogP contribution in [0.2, 0.25) is 0 Å². The lowest BCUT2D eigenvalue weighted by Crippen LogP contribution is -2.40. The Morgan fingerprint density at radius 1 is 1.21 bits per heavy atom. The molecule has 1 aromatic carbocycles. The number of hydrogen-bond acceptors (Lipinski definition) is 5. The molecule has 0 aromatic heterocycles. The number of nitrogens with zero attached hydrogens (tertiary/aromatic N) is 1. The maximum absolute atomic E-state index is 12.3. The first kappa shape index (κ1) is 16.2. The second-order valence-corrected chi connectivity index (χ2v) is 6.36. The molecule has 2 aliphatic rings. The van der Waals surface area contributed by atoms with Gasteiger partial charge in [0.1, 0.15) is 5.69 Å². The topological polar surface area (TPSA) is 122 Å². The summed E-state index contributed by atoms with van der Waals surface area (Å²) in [5.41, 5.74) is 0.429. The molecule has 1 aromatic rings. The number of carboxylic acids is 1. The molecule has 3 rings (SSSR count). The van der Waals surface area contributed by atoms with Crippen molar-refractivity contribution in [2.24, 2.45) is 5.92 Å². The molecule has 3 N–H and O–H groups in total. The molecule has 2 aliphatic carbocycles. The molecule has 0 saturated heterocycles. The van der Waals surface area contributed by atoms with E-state index in [9.17, 15) is 19.7 Å². The summed E-state index contributed by atoms with van der Waals surface area (Å²) < 4.78 is 0. The minimum absolute atomic E-state index is 0.143. The van der Waals surface area contributed by atoms with Gasteiger partial charge in [-0.05, 0) is 37.8 Å². The number of carboxylic acid groups (broad SMARTS) is 1. The van der Waals surface area contributed by atoms with Crippen molar-refractivity contribution in [1.82, 2.24) is 5.32 Å². The molecule has 0 aliphatic heterocycles. The van der Waals surface area contributed by atoms with Crippen LogP contribution in [0.3, 0.4) is 0 Å². The maximum Gasteiger partial charge on any atom is 0.308 e. The third-order valence-corrected chi connectivity index (χ3v) is 4.54. The lowest BCUT2D eigenvalue weighted by atomic mass is 10.0. The van der Waals surface area contributed by atoms with Crippen molar-refractivity contribution in [3.8, 4) is 0 Å². The first-order chi connectivity index (χ1) is 11.5. The third-order valence-electron chi connectivity index (χ3n) is 4.54. The van der Waals surface area contributed by atoms with E-state index in [2.05, 4.69) is 10.6 Å². The van der Waals surface area contributed by atoms with Crippen LogP contribution in [0.5, 0.6) is 0 Å². The van der Waals surface area contributed by atoms with Crippen molar-refractivity contribution in [3.63, 3.8) is 0 Å². The number of rotatable bonds is 6. The Balaban J connectivity index is 1.75. The van der Waals surface area contributed by atoms with Gasteiger partial charge >= 0.3 is 5.97 Å². The Morgan fingerprint density at radius 3 is 2.58 bits per heavy atom. The van der Waals surface area contributed by atoms with Gasteiger partial charge in [0, 0.05) is 23.7 Å². The number of carbonyl (C=O) groups excluding carboxylic acids is 1. The second kappa shape index (κ2) is 6.46. The van der Waals surface area contributed by atoms with Gasteiger partial charge < -0.3 is 15.7 Å². The van der Waals surface area contributed by atoms with E-state index in [1.807, 2.05) is 0 Å². The number of benzene rings is 1. The molecule has 2 fully saturated rings. The number of nitrogens with one attached hydrogen (secondary N) is 2. The Labute approximate surface area is 138 Å². The monoisotopic (exact) mass is 333 g/mol. The van der Waals surface area contributed by atoms with E-state index in [4.69, 9.17) is 5.11 Å². The van der Waals surface area contributed by atoms with E-state index in [0.29, 0.717) is 18.5 Å². The van der Waals surface area contributed by atoms with E-state index < -0.39 is 28.8 Å². The third kappa shape index (κ3) is 3.47. The van der Waals surface area contributed by atoms with Gasteiger partial charge in [0.2, 0.25) is 0 Å². The smallest absolute Gasteiger partial charge is 0.308 e. The summed E-state index contributed by atoms with van der Waals surface area (Å²) in [7, 11) is 0. The number of aliphatic carboxylic acids is 1. The number of hydrogen-bond donors (Lipinski definition) is 3. The van der Waals surface area contributed by atoms with Crippen LogP contribution in [0.4, 0.5) is 11.4 Å². The highest BCUT2D eigenvalue weighted by molar-refractivity contribution is 5.96. The van der Waals surface area contributed by atoms with Gasteiger partial charge in [-0.15, -0.1) is 0 Å². The van der Waals surface area contributed by atoms with Gasteiger partial charge in [-0.3, -0.25) is 19.7 Å². The number of carbonyl (C=O) groups is 2. The van der Waals surface area contributed by atoms with Crippen molar-refractivity contribution in [1.29, 1.82) is 0 Å². The van der Waals surface area contributed by atoms with Crippen molar-refractivity contribution < 1.29 is 19.6 Å². The SMILES string of the molecule is O=C(N[C@H]1CCC[C@H]1C(=O)O)c1ccc(NC2CC2)c([N+](=O)[O-])c1. The van der Waals surface area contributed by atoms with Gasteiger partial charge in [0.15, 0.2) is 0 Å². The zero-order valence-corrected chi connectivity index (χ0v) is 13.0. The van der Waals surface area contributed by atoms with E-state index in [1.165, 1.54) is 18.2 Å². The zero-order chi connectivity index (χ0) is 17.3. The fourth-order valence-electron chi connectivity index (χ4n) is 3.07. The molecule has 2 saturated carbocycles. The fourth-order valence-corrected chi connectivity index (χ4v) is 3.07. The number of nitro benzene ring substituents is 1. The lowest BCUT2D eigenvalue weighted by molar-refractivity contribution is -0.384. The Hall–Kier alpha value is -2.64. The predicted octanol–water partition coefficient (Wildman–Crippen LogP) is 2.15. The highest BCUT2D eigenvalue weighted by Gasteiger charge is 2.34. The van der Waals surface area contributed by atoms with Crippen LogP contribution in [-0.2, 0) is 4.79 Å². The molecule has 8 nitrogen and oxygen atoms in total. The summed E-state index contributed by atoms with van der Waals surface area (Å²) in [5, 5.41) is 26.2. The van der Waals surface area contributed by atoms with Gasteiger partial charge in [-0.2, -0.15) is 0 Å². The average molecular weight is 333 g/mol. The first-order valence-electron chi connectivity index (χ1n) is 8.04. The minimum atomic E-state index is -0.923. The van der Waals surface area contributed by atoms with Gasteiger partial charge in [-0.1, -0.05) is 6.42 Å². The quantitative estimate of drug-likeness (QED) is 0.542. The maximum atomic E-state index is 12.3. The lowest BCUT2D eigenvalue weighted by Gasteiger charge is -2.17. The molecular weight excluding hydrogens is 314 g/mol. The number of nitro groups is 1. The van der Waals surface area contributed by atoms with Crippen LogP contribution < -0.4 is 10.6 Å². The van der Waals surface area contributed by atoms with Crippen molar-refractivity contribution in [2.45, 2.75) is 44.2 Å². The van der Waals surface area contributed by atoms with Crippen LogP contribution >= 0.6 is 0 Å². The average Bonchev–Trinajstić information content (AvgIpc) is 3.22. The summed E-state index contributed by atoms with van der Waals surface area (Å²) in [6, 6.07) is 4.13. The molecule has 2 atom stereocenters. The predicted molar refractivity (Wildman–Crippen MR) is 86.0 cm³/mol. The summed E-state index contributed by atoms with van der Waals surface area (Å²) in [4.78, 5) is 34.2. The molecule has 1 amide bonds. The number of amides is 1. The van der Waals surface area contributed by atoms with Crippen LogP contribution in [0, 0.1) is 16.0 Å². The molecule has 0 radical (unpaired) electrons. The first-order valence-corrected chi connectivity index (χ1v) is 8.04. The van der Waals surface area contributed by atoms with E-state index in [0.717, 1.165) is 19.3 Å². The Morgan fingerprint density at radius 2 is 1.96 bits per heavy atom. The summed E-state index contributed by atoms with van der Waals surface area (Å²) in [5.74, 6) is -2.00. The molecule has 128 valence electrons. The molecule has 0 unspecified atom stereocenters. The van der Waals surface area contributed by atoms with Crippen molar-refractivity contribution in [3.05, 3.63) is 33.9 Å². The molecule has 0 heterocycles. The normalized spacial score (nSPS) is 22.8. The van der Waals surface area contributed by atoms with E-state index in [1.54, 1.807) is 0 Å². The van der Waals surface area contributed by atoms with E-state index in [-0.39, 0.29) is 17.3 Å². The zero-order valence-electron chi connectivity index (χ0n) is 13.0. The Bertz CT molecular complexity index is 686. The van der Waals surface area contributed by atoms with Gasteiger partial charge in [0.05, 0.1) is 10.8 Å². The minimum Gasteiger partial charge on any atom is -0.481 e. The summed E-state index contributed by atoms with van der Waals surface area (Å²) in [6.45, 7) is 0. The largest absolute Gasteiger partial charge is 0.481 e. The van der Waals surface area contributed by atoms with Crippen molar-refractivity contribution >= 4 is 23.3 Å². The highest BCUT2D eigenvalue weighted by Crippen LogP contribution is 2.32. The van der Waals surface area contributed by atoms with Gasteiger partial charge in [0.25, 0.3) is 11.6 Å². The summed E-state index contributed by atoms with van der Waals surface area (Å²) in [6.07, 6.45) is 3.85. The van der Waals surface area contributed by atoms with Crippen molar-refractivity contribution in [2.75, 3.05) is 5.32 Å². The van der Waals surface area contributed by atoms with Crippen LogP contribution in [0.1, 0.15) is 42.5 Å². The Kier molecular flexibility index (Phi) is 4.37. The van der Waals surface area contributed by atoms with Crippen LogP contribution in [0.15, 0.2) is 18.2 Å². The molecule has 24 heavy (non-hydrogen) atoms. The van der Waals surface area contributed by atoms with Crippen LogP contribution in [0.25, 0.3) is 0 Å². The number of anilines is 1. The van der Waals surface area contributed by atoms with E-state index >= 15 is 0 Å². The van der Waals surface area contributed by atoms with Gasteiger partial charge in [-0.25, -0.2) is 0 Å². The standard InChI is InChI=1S/C16H19N3O5/c20-15(18-12-3-1-2-11(12)16(21)22)9-4-7-13(17-10-5-6-10)14(8-9)19(23)24/h4,7-8,10-12,17H,1-3,5-6H2,(H,18,20)(H,21,22)/t11-,12+/m1/s1. The highest BCUT2D eigenvalue weighted by atomic mass is 16.6. The molecule has 8 heteroatoms. The molecule has 0 spiro atoms. The molecule has 0 bridgehead atoms. The summed E-state index contributed by atoms with van der Waals surface area (Å²) >= 11 is 0. The molecular formula is C16H19N3O5. The van der Waals surface area contributed by atoms with Crippen LogP contribution in [-0.4, -0.2) is 34.0 Å².